The first-order valence-corrected chi connectivity index (χ1v) is 8.64. The van der Waals surface area contributed by atoms with Gasteiger partial charge in [-0.3, -0.25) is 0 Å². The third kappa shape index (κ3) is 3.63. The molecule has 1 aromatic rings. The summed E-state index contributed by atoms with van der Waals surface area (Å²) in [5, 5.41) is 9.14. The van der Waals surface area contributed by atoms with Crippen molar-refractivity contribution in [3.8, 4) is 0 Å². The van der Waals surface area contributed by atoms with E-state index in [1.54, 1.807) is 13.0 Å². The van der Waals surface area contributed by atoms with Crippen LogP contribution >= 0.6 is 0 Å². The normalized spacial score (nSPS) is 15.4. The number of carboxylic acids is 1. The van der Waals surface area contributed by atoms with Crippen LogP contribution in [0, 0.1) is 12.8 Å². The van der Waals surface area contributed by atoms with Crippen LogP contribution in [0.15, 0.2) is 23.1 Å². The SMILES string of the molecule is CCCN(CC1CC1)S(=O)(=O)c1ccc(C)c(C(=O)O)c1. The number of nitrogens with zero attached hydrogens (tertiary/aromatic N) is 1. The molecule has 1 N–H and O–H groups in total. The number of carbonyl (C=O) groups is 1. The van der Waals surface area contributed by atoms with Crippen LogP contribution < -0.4 is 0 Å². The molecule has 0 spiro atoms. The number of rotatable bonds is 7. The Balaban J connectivity index is 2.36. The summed E-state index contributed by atoms with van der Waals surface area (Å²) in [6, 6.07) is 4.31. The van der Waals surface area contributed by atoms with E-state index >= 15 is 0 Å². The minimum Gasteiger partial charge on any atom is -0.478 e. The molecule has 0 radical (unpaired) electrons. The molecule has 1 aromatic carbocycles. The number of aromatic carboxylic acids is 1. The topological polar surface area (TPSA) is 74.7 Å². The maximum Gasteiger partial charge on any atom is 0.335 e. The average molecular weight is 311 g/mol. The van der Waals surface area contributed by atoms with E-state index in [1.807, 2.05) is 6.92 Å². The molecule has 116 valence electrons. The van der Waals surface area contributed by atoms with Crippen molar-refractivity contribution >= 4 is 16.0 Å². The van der Waals surface area contributed by atoms with E-state index in [1.165, 1.54) is 16.4 Å². The zero-order valence-corrected chi connectivity index (χ0v) is 13.2. The van der Waals surface area contributed by atoms with Gasteiger partial charge in [-0.15, -0.1) is 0 Å². The van der Waals surface area contributed by atoms with Crippen molar-refractivity contribution in [2.75, 3.05) is 13.1 Å². The Morgan fingerprint density at radius 1 is 1.38 bits per heavy atom. The fraction of sp³-hybridized carbons (Fsp3) is 0.533. The van der Waals surface area contributed by atoms with E-state index in [9.17, 15) is 13.2 Å². The van der Waals surface area contributed by atoms with E-state index in [0.717, 1.165) is 19.3 Å². The van der Waals surface area contributed by atoms with Crippen LogP contribution in [0.5, 0.6) is 0 Å². The van der Waals surface area contributed by atoms with Crippen molar-refractivity contribution in [1.82, 2.24) is 4.31 Å². The lowest BCUT2D eigenvalue weighted by atomic mass is 10.1. The first kappa shape index (κ1) is 16.0. The molecule has 1 fully saturated rings. The lowest BCUT2D eigenvalue weighted by molar-refractivity contribution is 0.0696. The molecule has 0 saturated heterocycles. The second-order valence-electron chi connectivity index (χ2n) is 5.59. The van der Waals surface area contributed by atoms with E-state index in [-0.39, 0.29) is 10.5 Å². The molecule has 2 rings (SSSR count). The Kier molecular flexibility index (Phi) is 4.68. The van der Waals surface area contributed by atoms with E-state index in [4.69, 9.17) is 5.11 Å². The van der Waals surface area contributed by atoms with Gasteiger partial charge < -0.3 is 5.11 Å². The van der Waals surface area contributed by atoms with Gasteiger partial charge in [-0.25, -0.2) is 13.2 Å². The molecule has 0 unspecified atom stereocenters. The van der Waals surface area contributed by atoms with Crippen molar-refractivity contribution in [1.29, 1.82) is 0 Å². The molecule has 1 aliphatic rings. The Morgan fingerprint density at radius 2 is 2.05 bits per heavy atom. The van der Waals surface area contributed by atoms with Crippen molar-refractivity contribution in [3.05, 3.63) is 29.3 Å². The quantitative estimate of drug-likeness (QED) is 0.839. The molecule has 0 atom stereocenters. The highest BCUT2D eigenvalue weighted by molar-refractivity contribution is 7.89. The molecule has 0 amide bonds. The predicted octanol–water partition coefficient (Wildman–Crippen LogP) is 2.50. The Bertz CT molecular complexity index is 635. The van der Waals surface area contributed by atoms with Crippen LogP contribution in [-0.4, -0.2) is 36.9 Å². The second kappa shape index (κ2) is 6.15. The summed E-state index contributed by atoms with van der Waals surface area (Å²) in [5.74, 6) is -0.649. The van der Waals surface area contributed by atoms with Gasteiger partial charge in [0.05, 0.1) is 10.5 Å². The lowest BCUT2D eigenvalue weighted by Crippen LogP contribution is -2.33. The highest BCUT2D eigenvalue weighted by Crippen LogP contribution is 2.32. The fourth-order valence-corrected chi connectivity index (χ4v) is 3.92. The first-order valence-electron chi connectivity index (χ1n) is 7.20. The van der Waals surface area contributed by atoms with Crippen LogP contribution in [0.3, 0.4) is 0 Å². The lowest BCUT2D eigenvalue weighted by Gasteiger charge is -2.22. The summed E-state index contributed by atoms with van der Waals surface area (Å²) >= 11 is 0. The van der Waals surface area contributed by atoms with Crippen LogP contribution in [0.4, 0.5) is 0 Å². The molecule has 5 nitrogen and oxygen atoms in total. The predicted molar refractivity (Wildman–Crippen MR) is 79.9 cm³/mol. The summed E-state index contributed by atoms with van der Waals surface area (Å²) in [6.07, 6.45) is 2.89. The third-order valence-electron chi connectivity index (χ3n) is 3.71. The molecule has 0 bridgehead atoms. The molecular formula is C15H21NO4S. The van der Waals surface area contributed by atoms with Crippen LogP contribution in [-0.2, 0) is 10.0 Å². The first-order chi connectivity index (χ1) is 9.86. The number of sulfonamides is 1. The number of hydrogen-bond donors (Lipinski definition) is 1. The monoisotopic (exact) mass is 311 g/mol. The highest BCUT2D eigenvalue weighted by atomic mass is 32.2. The van der Waals surface area contributed by atoms with Gasteiger partial charge in [-0.05, 0) is 49.8 Å². The Hall–Kier alpha value is -1.40. The van der Waals surface area contributed by atoms with Gasteiger partial charge >= 0.3 is 5.97 Å². The van der Waals surface area contributed by atoms with Gasteiger partial charge in [0.25, 0.3) is 0 Å². The van der Waals surface area contributed by atoms with Gasteiger partial charge in [0.15, 0.2) is 0 Å². The molecule has 0 aromatic heterocycles. The van der Waals surface area contributed by atoms with Gasteiger partial charge in [0.2, 0.25) is 10.0 Å². The minimum absolute atomic E-state index is 0.0407. The number of carboxylic acid groups (broad SMARTS) is 1. The van der Waals surface area contributed by atoms with Gasteiger partial charge in [0.1, 0.15) is 0 Å². The second-order valence-corrected chi connectivity index (χ2v) is 7.53. The van der Waals surface area contributed by atoms with E-state index in [2.05, 4.69) is 0 Å². The summed E-state index contributed by atoms with van der Waals surface area (Å²) < 4.78 is 26.9. The van der Waals surface area contributed by atoms with Gasteiger partial charge in [0, 0.05) is 13.1 Å². The number of hydrogen-bond acceptors (Lipinski definition) is 3. The Morgan fingerprint density at radius 3 is 2.57 bits per heavy atom. The minimum atomic E-state index is -3.62. The number of benzene rings is 1. The van der Waals surface area contributed by atoms with Crippen LogP contribution in [0.1, 0.15) is 42.1 Å². The summed E-state index contributed by atoms with van der Waals surface area (Å²) in [4.78, 5) is 11.2. The zero-order valence-electron chi connectivity index (χ0n) is 12.4. The number of aryl methyl sites for hydroxylation is 1. The zero-order chi connectivity index (χ0) is 15.6. The third-order valence-corrected chi connectivity index (χ3v) is 5.57. The molecule has 21 heavy (non-hydrogen) atoms. The molecule has 1 aliphatic carbocycles. The average Bonchev–Trinajstić information content (AvgIpc) is 3.22. The fourth-order valence-electron chi connectivity index (χ4n) is 2.29. The standard InChI is InChI=1S/C15H21NO4S/c1-3-8-16(10-12-5-6-12)21(19,20)13-7-4-11(2)14(9-13)15(17)18/h4,7,9,12H,3,5-6,8,10H2,1-2H3,(H,17,18). The summed E-state index contributed by atoms with van der Waals surface area (Å²) in [5.41, 5.74) is 0.602. The van der Waals surface area contributed by atoms with Crippen LogP contribution in [0.2, 0.25) is 0 Å². The maximum atomic E-state index is 12.7. The largest absolute Gasteiger partial charge is 0.478 e. The van der Waals surface area contributed by atoms with Crippen molar-refractivity contribution in [3.63, 3.8) is 0 Å². The van der Waals surface area contributed by atoms with Gasteiger partial charge in [-0.1, -0.05) is 13.0 Å². The Labute approximate surface area is 125 Å². The molecule has 0 aliphatic heterocycles. The highest BCUT2D eigenvalue weighted by Gasteiger charge is 2.31. The van der Waals surface area contributed by atoms with Crippen molar-refractivity contribution in [2.24, 2.45) is 5.92 Å². The van der Waals surface area contributed by atoms with Crippen molar-refractivity contribution in [2.45, 2.75) is 38.0 Å². The smallest absolute Gasteiger partial charge is 0.335 e. The molecule has 0 heterocycles. The maximum absolute atomic E-state index is 12.7. The van der Waals surface area contributed by atoms with E-state index in [0.29, 0.717) is 24.6 Å². The summed E-state index contributed by atoms with van der Waals surface area (Å²) in [7, 11) is -3.62. The molecule has 6 heteroatoms. The molecule has 1 saturated carbocycles. The molecular weight excluding hydrogens is 290 g/mol. The van der Waals surface area contributed by atoms with E-state index < -0.39 is 16.0 Å². The van der Waals surface area contributed by atoms with Crippen LogP contribution in [0.25, 0.3) is 0 Å². The summed E-state index contributed by atoms with van der Waals surface area (Å²) in [6.45, 7) is 4.60. The van der Waals surface area contributed by atoms with Crippen molar-refractivity contribution < 1.29 is 18.3 Å². The van der Waals surface area contributed by atoms with Gasteiger partial charge in [-0.2, -0.15) is 4.31 Å².